The Morgan fingerprint density at radius 3 is 2.42 bits per heavy atom. The van der Waals surface area contributed by atoms with Gasteiger partial charge >= 0.3 is 12.0 Å². The second-order valence-corrected chi connectivity index (χ2v) is 5.86. The number of nitrogens with one attached hydrogen (secondary N) is 1. The zero-order valence-corrected chi connectivity index (χ0v) is 11.5. The number of carboxylic acid groups (broad SMARTS) is 1. The number of rotatable bonds is 2. The van der Waals surface area contributed by atoms with E-state index in [-0.39, 0.29) is 6.03 Å². The van der Waals surface area contributed by atoms with Crippen molar-refractivity contribution >= 4 is 12.0 Å². The zero-order chi connectivity index (χ0) is 13.9. The predicted molar refractivity (Wildman–Crippen MR) is 70.5 cm³/mol. The molecule has 0 aromatic carbocycles. The third-order valence-corrected chi connectivity index (χ3v) is 4.11. The van der Waals surface area contributed by atoms with Crippen molar-refractivity contribution in [2.24, 2.45) is 5.41 Å². The van der Waals surface area contributed by atoms with Gasteiger partial charge in [-0.1, -0.05) is 6.42 Å². The minimum Gasteiger partial charge on any atom is -0.481 e. The number of carboxylic acids is 1. The molecule has 0 aliphatic carbocycles. The van der Waals surface area contributed by atoms with Gasteiger partial charge < -0.3 is 10.0 Å². The average molecular weight is 269 g/mol. The number of hydrogen-bond acceptors (Lipinski definition) is 3. The highest BCUT2D eigenvalue weighted by molar-refractivity contribution is 5.78. The summed E-state index contributed by atoms with van der Waals surface area (Å²) in [5.41, 5.74) is 2.08. The normalized spacial score (nSPS) is 29.0. The number of aliphatic carboxylic acids is 1. The molecule has 2 saturated heterocycles. The summed E-state index contributed by atoms with van der Waals surface area (Å²) in [4.78, 5) is 25.1. The second-order valence-electron chi connectivity index (χ2n) is 5.86. The standard InChI is InChI=1S/C13H23N3O3/c1-13(11(17)18)6-5-7-15(10-13)12(19)14-16-8-3-2-4-9-16/h2-10H2,1H3,(H,14,19)(H,17,18). The van der Waals surface area contributed by atoms with E-state index < -0.39 is 11.4 Å². The summed E-state index contributed by atoms with van der Waals surface area (Å²) in [5, 5.41) is 11.2. The van der Waals surface area contributed by atoms with Gasteiger partial charge in [-0.05, 0) is 32.6 Å². The van der Waals surface area contributed by atoms with Crippen LogP contribution in [0.15, 0.2) is 0 Å². The van der Waals surface area contributed by atoms with Gasteiger partial charge in [0.05, 0.1) is 5.41 Å². The van der Waals surface area contributed by atoms with Crippen LogP contribution in [0.3, 0.4) is 0 Å². The molecule has 2 aliphatic rings. The Morgan fingerprint density at radius 1 is 1.11 bits per heavy atom. The molecule has 0 aromatic rings. The molecule has 2 N–H and O–H groups in total. The maximum absolute atomic E-state index is 12.2. The summed E-state index contributed by atoms with van der Waals surface area (Å²) < 4.78 is 0. The fourth-order valence-electron chi connectivity index (χ4n) is 2.80. The number of likely N-dealkylation sites (tertiary alicyclic amines) is 1. The van der Waals surface area contributed by atoms with E-state index in [1.807, 2.05) is 5.01 Å². The van der Waals surface area contributed by atoms with E-state index in [2.05, 4.69) is 5.43 Å². The highest BCUT2D eigenvalue weighted by atomic mass is 16.4. The second kappa shape index (κ2) is 5.77. The van der Waals surface area contributed by atoms with Crippen LogP contribution in [0.5, 0.6) is 0 Å². The van der Waals surface area contributed by atoms with E-state index in [1.54, 1.807) is 11.8 Å². The van der Waals surface area contributed by atoms with Crippen LogP contribution < -0.4 is 5.43 Å². The minimum atomic E-state index is -0.817. The van der Waals surface area contributed by atoms with E-state index in [9.17, 15) is 14.7 Å². The lowest BCUT2D eigenvalue weighted by Gasteiger charge is -2.38. The molecular weight excluding hydrogens is 246 g/mol. The first kappa shape index (κ1) is 14.1. The average Bonchev–Trinajstić information content (AvgIpc) is 2.40. The Hall–Kier alpha value is -1.30. The van der Waals surface area contributed by atoms with Crippen LogP contribution in [0.4, 0.5) is 4.79 Å². The van der Waals surface area contributed by atoms with E-state index in [4.69, 9.17) is 0 Å². The monoisotopic (exact) mass is 269 g/mol. The van der Waals surface area contributed by atoms with Gasteiger partial charge in [0.2, 0.25) is 0 Å². The van der Waals surface area contributed by atoms with Crippen LogP contribution in [0.25, 0.3) is 0 Å². The lowest BCUT2D eigenvalue weighted by Crippen LogP contribution is -2.55. The molecule has 2 heterocycles. The Labute approximate surface area is 113 Å². The zero-order valence-electron chi connectivity index (χ0n) is 11.5. The molecule has 2 rings (SSSR count). The van der Waals surface area contributed by atoms with Crippen LogP contribution in [0, 0.1) is 5.41 Å². The number of carbonyl (C=O) groups excluding carboxylic acids is 1. The van der Waals surface area contributed by atoms with Crippen molar-refractivity contribution in [2.45, 2.75) is 39.0 Å². The van der Waals surface area contributed by atoms with E-state index >= 15 is 0 Å². The fourth-order valence-corrected chi connectivity index (χ4v) is 2.80. The molecule has 1 atom stereocenters. The summed E-state index contributed by atoms with van der Waals surface area (Å²) in [6.45, 7) is 4.42. The van der Waals surface area contributed by atoms with Gasteiger partial charge in [-0.15, -0.1) is 0 Å². The van der Waals surface area contributed by atoms with Crippen molar-refractivity contribution in [1.82, 2.24) is 15.3 Å². The summed E-state index contributed by atoms with van der Waals surface area (Å²) in [5.74, 6) is -0.817. The van der Waals surface area contributed by atoms with Crippen molar-refractivity contribution < 1.29 is 14.7 Å². The summed E-state index contributed by atoms with van der Waals surface area (Å²) in [7, 11) is 0. The third kappa shape index (κ3) is 3.37. The lowest BCUT2D eigenvalue weighted by molar-refractivity contribution is -0.150. The van der Waals surface area contributed by atoms with Crippen LogP contribution in [0.1, 0.15) is 39.0 Å². The molecule has 2 aliphatic heterocycles. The Bertz CT molecular complexity index is 355. The predicted octanol–water partition coefficient (Wildman–Crippen LogP) is 1.28. The summed E-state index contributed by atoms with van der Waals surface area (Å²) in [6, 6.07) is -0.158. The Kier molecular flexibility index (Phi) is 4.29. The maximum atomic E-state index is 12.2. The molecule has 2 amide bonds. The third-order valence-electron chi connectivity index (χ3n) is 4.11. The smallest absolute Gasteiger partial charge is 0.331 e. The van der Waals surface area contributed by atoms with Gasteiger partial charge in [0.25, 0.3) is 0 Å². The molecular formula is C13H23N3O3. The topological polar surface area (TPSA) is 72.9 Å². The molecule has 108 valence electrons. The number of carbonyl (C=O) groups is 2. The van der Waals surface area contributed by atoms with Crippen LogP contribution >= 0.6 is 0 Å². The van der Waals surface area contributed by atoms with Crippen molar-refractivity contribution in [3.63, 3.8) is 0 Å². The van der Waals surface area contributed by atoms with Crippen molar-refractivity contribution in [3.8, 4) is 0 Å². The van der Waals surface area contributed by atoms with Gasteiger partial charge in [-0.2, -0.15) is 0 Å². The first-order valence-electron chi connectivity index (χ1n) is 7.05. The molecule has 2 fully saturated rings. The number of hydrazine groups is 1. The van der Waals surface area contributed by atoms with Crippen molar-refractivity contribution in [2.75, 3.05) is 26.2 Å². The van der Waals surface area contributed by atoms with Crippen molar-refractivity contribution in [1.29, 1.82) is 0 Å². The Morgan fingerprint density at radius 2 is 1.79 bits per heavy atom. The number of urea groups is 1. The highest BCUT2D eigenvalue weighted by Crippen LogP contribution is 2.29. The van der Waals surface area contributed by atoms with Crippen molar-refractivity contribution in [3.05, 3.63) is 0 Å². The van der Waals surface area contributed by atoms with Crippen LogP contribution in [-0.4, -0.2) is 53.2 Å². The summed E-state index contributed by atoms with van der Waals surface area (Å²) >= 11 is 0. The molecule has 0 spiro atoms. The van der Waals surface area contributed by atoms with Crippen LogP contribution in [0.2, 0.25) is 0 Å². The lowest BCUT2D eigenvalue weighted by atomic mass is 9.82. The SMILES string of the molecule is CC1(C(=O)O)CCCN(C(=O)NN2CCCCC2)C1. The molecule has 0 bridgehead atoms. The van der Waals surface area contributed by atoms with Gasteiger partial charge in [-0.3, -0.25) is 10.2 Å². The van der Waals surface area contributed by atoms with Gasteiger partial charge in [-0.25, -0.2) is 9.80 Å². The quantitative estimate of drug-likeness (QED) is 0.792. The van der Waals surface area contributed by atoms with Gasteiger partial charge in [0.1, 0.15) is 0 Å². The number of hydrogen-bond donors (Lipinski definition) is 2. The molecule has 6 heteroatoms. The minimum absolute atomic E-state index is 0.158. The first-order chi connectivity index (χ1) is 9.01. The fraction of sp³-hybridized carbons (Fsp3) is 0.846. The number of nitrogens with zero attached hydrogens (tertiary/aromatic N) is 2. The van der Waals surface area contributed by atoms with Gasteiger partial charge in [0.15, 0.2) is 0 Å². The van der Waals surface area contributed by atoms with E-state index in [0.29, 0.717) is 19.5 Å². The van der Waals surface area contributed by atoms with Gasteiger partial charge in [0, 0.05) is 26.2 Å². The molecule has 6 nitrogen and oxygen atoms in total. The van der Waals surface area contributed by atoms with E-state index in [1.165, 1.54) is 6.42 Å². The molecule has 0 radical (unpaired) electrons. The molecule has 0 saturated carbocycles. The maximum Gasteiger partial charge on any atom is 0.331 e. The summed E-state index contributed by atoms with van der Waals surface area (Å²) in [6.07, 6.45) is 4.81. The molecule has 19 heavy (non-hydrogen) atoms. The largest absolute Gasteiger partial charge is 0.481 e. The molecule has 1 unspecified atom stereocenters. The van der Waals surface area contributed by atoms with Crippen LogP contribution in [-0.2, 0) is 4.79 Å². The highest BCUT2D eigenvalue weighted by Gasteiger charge is 2.39. The number of amides is 2. The van der Waals surface area contributed by atoms with E-state index in [0.717, 1.165) is 32.4 Å². The Balaban J connectivity index is 1.89. The number of piperidine rings is 2. The molecule has 0 aromatic heterocycles. The first-order valence-corrected chi connectivity index (χ1v) is 7.05.